The maximum absolute atomic E-state index is 11.4. The number of primary sulfonamides is 1. The maximum Gasteiger partial charge on any atom is 0.325 e. The molecule has 0 radical (unpaired) electrons. The molecule has 0 fully saturated rings. The zero-order chi connectivity index (χ0) is 17.5. The lowest BCUT2D eigenvalue weighted by Gasteiger charge is -2.09. The number of hydrogen-bond acceptors (Lipinski definition) is 6. The number of carbonyl (C=O) groups excluding carboxylic acids is 1. The Morgan fingerprint density at radius 1 is 1.35 bits per heavy atom. The van der Waals surface area contributed by atoms with Gasteiger partial charge in [0, 0.05) is 5.75 Å². The summed E-state index contributed by atoms with van der Waals surface area (Å²) in [5, 5.41) is 16.0. The minimum Gasteiger partial charge on any atom is -0.493 e. The third-order valence-electron chi connectivity index (χ3n) is 2.63. The number of carbonyl (C=O) groups is 2. The number of aliphatic carboxylic acids is 1. The van der Waals surface area contributed by atoms with Crippen molar-refractivity contribution in [1.82, 2.24) is 5.32 Å². The molecule has 1 aromatic carbocycles. The Balaban J connectivity index is 2.25. The molecule has 0 aliphatic carbocycles. The highest BCUT2D eigenvalue weighted by molar-refractivity contribution is 7.99. The van der Waals surface area contributed by atoms with Gasteiger partial charge < -0.3 is 15.2 Å². The minimum absolute atomic E-state index is 0.00319. The van der Waals surface area contributed by atoms with E-state index in [0.717, 1.165) is 0 Å². The van der Waals surface area contributed by atoms with E-state index >= 15 is 0 Å². The lowest BCUT2D eigenvalue weighted by molar-refractivity contribution is -0.140. The van der Waals surface area contributed by atoms with Crippen LogP contribution in [0.1, 0.15) is 6.92 Å². The Morgan fingerprint density at radius 2 is 1.96 bits per heavy atom. The van der Waals surface area contributed by atoms with Gasteiger partial charge in [-0.2, -0.15) is 0 Å². The third kappa shape index (κ3) is 7.35. The smallest absolute Gasteiger partial charge is 0.325 e. The minimum atomic E-state index is -3.72. The van der Waals surface area contributed by atoms with E-state index in [1.165, 1.54) is 43.0 Å². The van der Waals surface area contributed by atoms with Crippen LogP contribution in [0.25, 0.3) is 0 Å². The topological polar surface area (TPSA) is 136 Å². The number of nitrogens with two attached hydrogens (primary N) is 1. The second-order valence-corrected chi connectivity index (χ2v) is 7.21. The van der Waals surface area contributed by atoms with E-state index in [1.54, 1.807) is 0 Å². The first-order valence-corrected chi connectivity index (χ1v) is 9.26. The molecule has 0 saturated heterocycles. The SMILES string of the molecule is C[C@@H](NC(=O)CSCCOc1ccc(S(N)(=O)=O)cc1)C(=O)O. The van der Waals surface area contributed by atoms with Crippen LogP contribution < -0.4 is 15.2 Å². The fourth-order valence-corrected chi connectivity index (χ4v) is 2.58. The Morgan fingerprint density at radius 3 is 2.48 bits per heavy atom. The molecule has 0 heterocycles. The first kappa shape index (κ1) is 19.3. The largest absolute Gasteiger partial charge is 0.493 e. The molecule has 8 nitrogen and oxygen atoms in total. The van der Waals surface area contributed by atoms with Gasteiger partial charge in [0.15, 0.2) is 0 Å². The van der Waals surface area contributed by atoms with E-state index < -0.39 is 22.0 Å². The predicted octanol–water partition coefficient (Wildman–Crippen LogP) is 0.0353. The summed E-state index contributed by atoms with van der Waals surface area (Å²) in [6.07, 6.45) is 0. The number of hydrogen-bond donors (Lipinski definition) is 3. The van der Waals surface area contributed by atoms with Gasteiger partial charge in [-0.3, -0.25) is 9.59 Å². The monoisotopic (exact) mass is 362 g/mol. The van der Waals surface area contributed by atoms with E-state index in [4.69, 9.17) is 15.0 Å². The molecule has 23 heavy (non-hydrogen) atoms. The molecule has 0 bridgehead atoms. The van der Waals surface area contributed by atoms with Crippen LogP contribution in [0.3, 0.4) is 0 Å². The predicted molar refractivity (Wildman–Crippen MR) is 85.9 cm³/mol. The Hall–Kier alpha value is -1.78. The standard InChI is InChI=1S/C13H18N2O6S2/c1-9(13(17)18)15-12(16)8-22-7-6-21-10-2-4-11(5-3-10)23(14,19)20/h2-5,9H,6-8H2,1H3,(H,15,16)(H,17,18)(H2,14,19,20)/t9-/m1/s1. The molecule has 0 aromatic heterocycles. The van der Waals surface area contributed by atoms with Crippen LogP contribution >= 0.6 is 11.8 Å². The second kappa shape index (κ2) is 8.75. The summed E-state index contributed by atoms with van der Waals surface area (Å²) in [7, 11) is -3.72. The Labute approximate surface area is 138 Å². The Kier molecular flexibility index (Phi) is 7.33. The lowest BCUT2D eigenvalue weighted by atomic mass is 10.3. The van der Waals surface area contributed by atoms with Crippen molar-refractivity contribution in [1.29, 1.82) is 0 Å². The molecule has 1 rings (SSSR count). The van der Waals surface area contributed by atoms with Crippen LogP contribution in [-0.4, -0.2) is 49.6 Å². The molecule has 4 N–H and O–H groups in total. The molecule has 0 spiro atoms. The van der Waals surface area contributed by atoms with Gasteiger partial charge in [0.25, 0.3) is 0 Å². The molecule has 128 valence electrons. The summed E-state index contributed by atoms with van der Waals surface area (Å²) < 4.78 is 27.6. The molecule has 0 saturated carbocycles. The van der Waals surface area contributed by atoms with Gasteiger partial charge >= 0.3 is 5.97 Å². The highest BCUT2D eigenvalue weighted by atomic mass is 32.2. The summed E-state index contributed by atoms with van der Waals surface area (Å²) in [5.41, 5.74) is 0. The fourth-order valence-electron chi connectivity index (χ4n) is 1.45. The summed E-state index contributed by atoms with van der Waals surface area (Å²) >= 11 is 1.30. The van der Waals surface area contributed by atoms with Gasteiger partial charge in [-0.25, -0.2) is 13.6 Å². The second-order valence-electron chi connectivity index (χ2n) is 4.54. The van der Waals surface area contributed by atoms with Crippen molar-refractivity contribution in [2.24, 2.45) is 5.14 Å². The zero-order valence-electron chi connectivity index (χ0n) is 12.4. The normalized spacial score (nSPS) is 12.4. The van der Waals surface area contributed by atoms with Gasteiger partial charge in [-0.05, 0) is 31.2 Å². The molecule has 0 aliphatic rings. The molecule has 0 unspecified atom stereocenters. The van der Waals surface area contributed by atoms with E-state index in [-0.39, 0.29) is 16.6 Å². The molecule has 10 heteroatoms. The quantitative estimate of drug-likeness (QED) is 0.527. The molecular formula is C13H18N2O6S2. The van der Waals surface area contributed by atoms with Crippen LogP contribution in [0.4, 0.5) is 0 Å². The third-order valence-corrected chi connectivity index (χ3v) is 4.48. The molecular weight excluding hydrogens is 344 g/mol. The molecule has 0 aliphatic heterocycles. The maximum atomic E-state index is 11.4. The van der Waals surface area contributed by atoms with Gasteiger partial charge in [0.2, 0.25) is 15.9 Å². The number of sulfonamides is 1. The number of carboxylic acids is 1. The highest BCUT2D eigenvalue weighted by Crippen LogP contribution is 2.15. The molecule has 1 atom stereocenters. The number of nitrogens with one attached hydrogen (secondary N) is 1. The number of thioether (sulfide) groups is 1. The van der Waals surface area contributed by atoms with E-state index in [9.17, 15) is 18.0 Å². The first-order valence-electron chi connectivity index (χ1n) is 6.55. The van der Waals surface area contributed by atoms with Gasteiger partial charge in [0.1, 0.15) is 11.8 Å². The number of rotatable bonds is 9. The summed E-state index contributed by atoms with van der Waals surface area (Å²) in [4.78, 5) is 22.0. The molecule has 1 aromatic rings. The van der Waals surface area contributed by atoms with Crippen molar-refractivity contribution in [3.63, 3.8) is 0 Å². The molecule has 1 amide bonds. The lowest BCUT2D eigenvalue weighted by Crippen LogP contribution is -2.39. The van der Waals surface area contributed by atoms with Crippen LogP contribution in [0, 0.1) is 0 Å². The summed E-state index contributed by atoms with van der Waals surface area (Å²) in [5.74, 6) is -0.309. The summed E-state index contributed by atoms with van der Waals surface area (Å²) in [6.45, 7) is 1.71. The van der Waals surface area contributed by atoms with E-state index in [1.807, 2.05) is 0 Å². The highest BCUT2D eigenvalue weighted by Gasteiger charge is 2.13. The van der Waals surface area contributed by atoms with Crippen LogP contribution in [0.5, 0.6) is 5.75 Å². The summed E-state index contributed by atoms with van der Waals surface area (Å²) in [6, 6.07) is 4.76. The number of benzene rings is 1. The van der Waals surface area contributed by atoms with E-state index in [0.29, 0.717) is 18.1 Å². The van der Waals surface area contributed by atoms with Crippen molar-refractivity contribution < 1.29 is 27.9 Å². The fraction of sp³-hybridized carbons (Fsp3) is 0.385. The van der Waals surface area contributed by atoms with Crippen molar-refractivity contribution in [2.45, 2.75) is 17.9 Å². The van der Waals surface area contributed by atoms with Gasteiger partial charge in [-0.15, -0.1) is 11.8 Å². The number of carboxylic acid groups (broad SMARTS) is 1. The first-order chi connectivity index (χ1) is 10.7. The average molecular weight is 362 g/mol. The van der Waals surface area contributed by atoms with E-state index in [2.05, 4.69) is 5.32 Å². The average Bonchev–Trinajstić information content (AvgIpc) is 2.46. The zero-order valence-corrected chi connectivity index (χ0v) is 14.0. The van der Waals surface area contributed by atoms with Crippen molar-refractivity contribution in [3.8, 4) is 5.75 Å². The number of amides is 1. The van der Waals surface area contributed by atoms with Crippen LogP contribution in [0.2, 0.25) is 0 Å². The van der Waals surface area contributed by atoms with Crippen molar-refractivity contribution >= 4 is 33.7 Å². The van der Waals surface area contributed by atoms with Crippen LogP contribution in [-0.2, 0) is 19.6 Å². The Bertz CT molecular complexity index is 645. The van der Waals surface area contributed by atoms with Gasteiger partial charge in [-0.1, -0.05) is 0 Å². The number of ether oxygens (including phenoxy) is 1. The van der Waals surface area contributed by atoms with Crippen molar-refractivity contribution in [3.05, 3.63) is 24.3 Å². The van der Waals surface area contributed by atoms with Crippen LogP contribution in [0.15, 0.2) is 29.2 Å². The van der Waals surface area contributed by atoms with Crippen molar-refractivity contribution in [2.75, 3.05) is 18.1 Å². The van der Waals surface area contributed by atoms with Gasteiger partial charge in [0.05, 0.1) is 17.3 Å².